The molecule has 1 aliphatic heterocycles. The molecule has 0 saturated carbocycles. The zero-order valence-corrected chi connectivity index (χ0v) is 11.1. The zero-order valence-electron chi connectivity index (χ0n) is 9.48. The summed E-state index contributed by atoms with van der Waals surface area (Å²) in [5.74, 6) is 0.638. The van der Waals surface area contributed by atoms with Gasteiger partial charge in [0.2, 0.25) is 11.9 Å². The van der Waals surface area contributed by atoms with Gasteiger partial charge in [0.25, 0.3) is 0 Å². The predicted molar refractivity (Wildman–Crippen MR) is 68.3 cm³/mol. The Balaban J connectivity index is 2.23. The van der Waals surface area contributed by atoms with Crippen molar-refractivity contribution in [1.29, 1.82) is 0 Å². The number of amides is 1. The largest absolute Gasteiger partial charge is 0.383 e. The minimum atomic E-state index is -0.513. The molecule has 1 atom stereocenters. The summed E-state index contributed by atoms with van der Waals surface area (Å²) >= 11 is 3.27. The van der Waals surface area contributed by atoms with Crippen LogP contribution in [0, 0.1) is 5.41 Å². The fourth-order valence-electron chi connectivity index (χ4n) is 1.90. The Bertz CT molecular complexity index is 446. The highest BCUT2D eigenvalue weighted by Gasteiger charge is 2.39. The van der Waals surface area contributed by atoms with E-state index in [1.807, 2.05) is 11.8 Å². The Hall–Kier alpha value is -1.37. The van der Waals surface area contributed by atoms with Crippen LogP contribution in [-0.2, 0) is 4.79 Å². The molecule has 1 aliphatic rings. The molecule has 0 spiro atoms. The second kappa shape index (κ2) is 4.14. The smallest absolute Gasteiger partial charge is 0.228 e. The van der Waals surface area contributed by atoms with E-state index in [2.05, 4.69) is 25.9 Å². The van der Waals surface area contributed by atoms with Crippen LogP contribution in [0.5, 0.6) is 0 Å². The van der Waals surface area contributed by atoms with E-state index in [9.17, 15) is 4.79 Å². The number of nitrogens with two attached hydrogens (primary N) is 2. The third-order valence-corrected chi connectivity index (χ3v) is 3.46. The van der Waals surface area contributed by atoms with E-state index < -0.39 is 5.41 Å². The van der Waals surface area contributed by atoms with Gasteiger partial charge in [0, 0.05) is 19.2 Å². The van der Waals surface area contributed by atoms with Gasteiger partial charge in [-0.3, -0.25) is 4.79 Å². The van der Waals surface area contributed by atoms with Gasteiger partial charge in [-0.25, -0.2) is 4.98 Å². The number of aromatic nitrogens is 2. The van der Waals surface area contributed by atoms with E-state index >= 15 is 0 Å². The van der Waals surface area contributed by atoms with E-state index in [4.69, 9.17) is 11.5 Å². The Kier molecular flexibility index (Phi) is 2.94. The SMILES string of the molecule is CC1(C(N)=O)CCN(c2nc(N)cc(Br)n2)C1. The van der Waals surface area contributed by atoms with E-state index in [0.29, 0.717) is 35.9 Å². The minimum absolute atomic E-state index is 0.289. The summed E-state index contributed by atoms with van der Waals surface area (Å²) in [6, 6.07) is 1.63. The first-order chi connectivity index (χ1) is 7.90. The Morgan fingerprint density at radius 2 is 2.29 bits per heavy atom. The molecule has 6 nitrogen and oxygen atoms in total. The maximum absolute atomic E-state index is 11.4. The van der Waals surface area contributed by atoms with Crippen molar-refractivity contribution >= 4 is 33.6 Å². The van der Waals surface area contributed by atoms with Crippen LogP contribution in [0.15, 0.2) is 10.7 Å². The summed E-state index contributed by atoms with van der Waals surface area (Å²) in [6.07, 6.45) is 0.706. The van der Waals surface area contributed by atoms with Crippen molar-refractivity contribution in [1.82, 2.24) is 9.97 Å². The third kappa shape index (κ3) is 2.33. The highest BCUT2D eigenvalue weighted by Crippen LogP contribution is 2.32. The fraction of sp³-hybridized carbons (Fsp3) is 0.500. The number of halogens is 1. The average molecular weight is 300 g/mol. The molecule has 1 aromatic heterocycles. The summed E-state index contributed by atoms with van der Waals surface area (Å²) < 4.78 is 0.632. The molecule has 7 heteroatoms. The van der Waals surface area contributed by atoms with Gasteiger partial charge in [-0.2, -0.15) is 4.98 Å². The van der Waals surface area contributed by atoms with Crippen molar-refractivity contribution in [2.75, 3.05) is 23.7 Å². The minimum Gasteiger partial charge on any atom is -0.383 e. The monoisotopic (exact) mass is 299 g/mol. The number of hydrogen-bond donors (Lipinski definition) is 2. The first-order valence-corrected chi connectivity index (χ1v) is 6.05. The summed E-state index contributed by atoms with van der Waals surface area (Å²) in [6.45, 7) is 3.09. The quantitative estimate of drug-likeness (QED) is 0.776. The van der Waals surface area contributed by atoms with Crippen molar-refractivity contribution in [2.24, 2.45) is 11.1 Å². The molecule has 0 aromatic carbocycles. The van der Waals surface area contributed by atoms with Crippen molar-refractivity contribution in [3.8, 4) is 0 Å². The standard InChI is InChI=1S/C10H14BrN5O/c1-10(8(13)17)2-3-16(5-10)9-14-6(11)4-7(12)15-9/h4H,2-3,5H2,1H3,(H2,13,17)(H2,12,14,15). The Labute approximate surface area is 108 Å². The second-order valence-electron chi connectivity index (χ2n) is 4.51. The van der Waals surface area contributed by atoms with E-state index in [1.54, 1.807) is 6.07 Å². The molecule has 2 rings (SSSR count). The lowest BCUT2D eigenvalue weighted by molar-refractivity contribution is -0.125. The molecule has 1 fully saturated rings. The van der Waals surface area contributed by atoms with Crippen LogP contribution in [0.25, 0.3) is 0 Å². The van der Waals surface area contributed by atoms with Gasteiger partial charge in [-0.15, -0.1) is 0 Å². The molecule has 0 radical (unpaired) electrons. The van der Waals surface area contributed by atoms with Gasteiger partial charge in [0.1, 0.15) is 10.4 Å². The van der Waals surface area contributed by atoms with Crippen LogP contribution in [0.2, 0.25) is 0 Å². The lowest BCUT2D eigenvalue weighted by Crippen LogP contribution is -2.37. The number of nitrogen functional groups attached to an aromatic ring is 1. The second-order valence-corrected chi connectivity index (χ2v) is 5.32. The molecular formula is C10H14BrN5O. The van der Waals surface area contributed by atoms with Gasteiger partial charge < -0.3 is 16.4 Å². The van der Waals surface area contributed by atoms with Gasteiger partial charge in [-0.05, 0) is 29.3 Å². The highest BCUT2D eigenvalue weighted by molar-refractivity contribution is 9.10. The molecule has 0 bridgehead atoms. The van der Waals surface area contributed by atoms with Crippen LogP contribution in [0.1, 0.15) is 13.3 Å². The zero-order chi connectivity index (χ0) is 12.6. The number of carbonyl (C=O) groups is 1. The first kappa shape index (κ1) is 12.1. The maximum Gasteiger partial charge on any atom is 0.228 e. The number of primary amides is 1. The number of nitrogens with zero attached hydrogens (tertiary/aromatic N) is 3. The molecular weight excluding hydrogens is 286 g/mol. The molecule has 17 heavy (non-hydrogen) atoms. The number of hydrogen-bond acceptors (Lipinski definition) is 5. The summed E-state index contributed by atoms with van der Waals surface area (Å²) in [5.41, 5.74) is 10.5. The van der Waals surface area contributed by atoms with Crippen LogP contribution >= 0.6 is 15.9 Å². The fourth-order valence-corrected chi connectivity index (χ4v) is 2.29. The highest BCUT2D eigenvalue weighted by atomic mass is 79.9. The molecule has 1 aromatic rings. The van der Waals surface area contributed by atoms with Gasteiger partial charge in [-0.1, -0.05) is 0 Å². The molecule has 92 valence electrons. The van der Waals surface area contributed by atoms with Crippen molar-refractivity contribution in [3.63, 3.8) is 0 Å². The van der Waals surface area contributed by atoms with E-state index in [1.165, 1.54) is 0 Å². The van der Waals surface area contributed by atoms with Gasteiger partial charge >= 0.3 is 0 Å². The molecule has 0 aliphatic carbocycles. The molecule has 2 heterocycles. The van der Waals surface area contributed by atoms with Crippen LogP contribution < -0.4 is 16.4 Å². The molecule has 1 unspecified atom stereocenters. The first-order valence-electron chi connectivity index (χ1n) is 5.26. The molecule has 4 N–H and O–H groups in total. The van der Waals surface area contributed by atoms with Crippen LogP contribution in [0.4, 0.5) is 11.8 Å². The van der Waals surface area contributed by atoms with E-state index in [0.717, 1.165) is 0 Å². The molecule has 1 amide bonds. The average Bonchev–Trinajstić information content (AvgIpc) is 2.61. The maximum atomic E-state index is 11.4. The lowest BCUT2D eigenvalue weighted by atomic mass is 9.89. The lowest BCUT2D eigenvalue weighted by Gasteiger charge is -2.21. The van der Waals surface area contributed by atoms with Crippen molar-refractivity contribution < 1.29 is 4.79 Å². The number of rotatable bonds is 2. The van der Waals surface area contributed by atoms with E-state index in [-0.39, 0.29) is 5.91 Å². The normalized spacial score (nSPS) is 24.0. The van der Waals surface area contributed by atoms with Gasteiger partial charge in [0.15, 0.2) is 0 Å². The predicted octanol–water partition coefficient (Wildman–Crippen LogP) is 0.523. The third-order valence-electron chi connectivity index (χ3n) is 3.05. The number of carbonyl (C=O) groups excluding carboxylic acids is 1. The molecule has 1 saturated heterocycles. The van der Waals surface area contributed by atoms with Gasteiger partial charge in [0.05, 0.1) is 5.41 Å². The summed E-state index contributed by atoms with van der Waals surface area (Å²) in [5, 5.41) is 0. The topological polar surface area (TPSA) is 98.1 Å². The summed E-state index contributed by atoms with van der Waals surface area (Å²) in [4.78, 5) is 21.7. The van der Waals surface area contributed by atoms with Crippen molar-refractivity contribution in [3.05, 3.63) is 10.7 Å². The van der Waals surface area contributed by atoms with Crippen LogP contribution in [0.3, 0.4) is 0 Å². The Morgan fingerprint density at radius 3 is 2.82 bits per heavy atom. The summed E-state index contributed by atoms with van der Waals surface area (Å²) in [7, 11) is 0. The van der Waals surface area contributed by atoms with Crippen molar-refractivity contribution in [2.45, 2.75) is 13.3 Å². The number of anilines is 2. The Morgan fingerprint density at radius 1 is 1.59 bits per heavy atom. The van der Waals surface area contributed by atoms with Crippen LogP contribution in [-0.4, -0.2) is 29.0 Å².